The molecule has 0 aliphatic carbocycles. The molecule has 0 aromatic heterocycles. The van der Waals surface area contributed by atoms with E-state index in [0.29, 0.717) is 6.04 Å². The molecular weight excluding hydrogens is 228 g/mol. The van der Waals surface area contributed by atoms with Crippen LogP contribution in [0.5, 0.6) is 0 Å². The van der Waals surface area contributed by atoms with Crippen LogP contribution >= 0.6 is 0 Å². The van der Waals surface area contributed by atoms with E-state index < -0.39 is 0 Å². The van der Waals surface area contributed by atoms with E-state index in [1.54, 1.807) is 0 Å². The molecule has 2 aliphatic heterocycles. The third-order valence-electron chi connectivity index (χ3n) is 4.51. The van der Waals surface area contributed by atoms with Gasteiger partial charge in [0, 0.05) is 25.2 Å². The Morgan fingerprint density at radius 3 is 2.89 bits per heavy atom. The summed E-state index contributed by atoms with van der Waals surface area (Å²) < 4.78 is 5.58. The number of piperidine rings is 1. The number of rotatable bonds is 4. The molecule has 3 unspecified atom stereocenters. The first-order chi connectivity index (χ1) is 8.70. The fourth-order valence-electron chi connectivity index (χ4n) is 3.12. The second-order valence-corrected chi connectivity index (χ2v) is 5.90. The van der Waals surface area contributed by atoms with Crippen LogP contribution in [-0.2, 0) is 4.74 Å². The molecular formula is C14H28N2O2. The molecule has 0 saturated carbocycles. The SMILES string of the molecule is CC1COC(CO)CN1CCC1CCCCN1C. The number of aliphatic hydroxyl groups excluding tert-OH is 1. The fraction of sp³-hybridized carbons (Fsp3) is 1.00. The zero-order chi connectivity index (χ0) is 13.0. The summed E-state index contributed by atoms with van der Waals surface area (Å²) in [5, 5.41) is 9.19. The zero-order valence-corrected chi connectivity index (χ0v) is 11.8. The summed E-state index contributed by atoms with van der Waals surface area (Å²) in [4.78, 5) is 4.99. The quantitative estimate of drug-likeness (QED) is 0.812. The lowest BCUT2D eigenvalue weighted by molar-refractivity contribution is -0.0794. The Morgan fingerprint density at radius 1 is 1.33 bits per heavy atom. The third-order valence-corrected chi connectivity index (χ3v) is 4.51. The molecule has 2 rings (SSSR count). The lowest BCUT2D eigenvalue weighted by Gasteiger charge is -2.39. The molecule has 0 aromatic rings. The largest absolute Gasteiger partial charge is 0.394 e. The summed E-state index contributed by atoms with van der Waals surface area (Å²) in [6.07, 6.45) is 5.35. The van der Waals surface area contributed by atoms with Crippen LogP contribution < -0.4 is 0 Å². The van der Waals surface area contributed by atoms with Crippen molar-refractivity contribution < 1.29 is 9.84 Å². The molecule has 0 radical (unpaired) electrons. The molecule has 4 nitrogen and oxygen atoms in total. The Bertz CT molecular complexity index is 250. The molecule has 3 atom stereocenters. The van der Waals surface area contributed by atoms with Crippen LogP contribution in [0.25, 0.3) is 0 Å². The highest BCUT2D eigenvalue weighted by molar-refractivity contribution is 4.80. The summed E-state index contributed by atoms with van der Waals surface area (Å²) in [7, 11) is 2.25. The Morgan fingerprint density at radius 2 is 2.17 bits per heavy atom. The molecule has 0 amide bonds. The van der Waals surface area contributed by atoms with Crippen molar-refractivity contribution in [2.45, 2.75) is 50.8 Å². The maximum Gasteiger partial charge on any atom is 0.0933 e. The lowest BCUT2D eigenvalue weighted by Crippen LogP contribution is -2.50. The Balaban J connectivity index is 1.77. The van der Waals surface area contributed by atoms with Crippen molar-refractivity contribution >= 4 is 0 Å². The average molecular weight is 256 g/mol. The van der Waals surface area contributed by atoms with Crippen molar-refractivity contribution in [1.82, 2.24) is 9.80 Å². The van der Waals surface area contributed by atoms with E-state index >= 15 is 0 Å². The average Bonchev–Trinajstić information content (AvgIpc) is 2.39. The van der Waals surface area contributed by atoms with Gasteiger partial charge in [-0.15, -0.1) is 0 Å². The second kappa shape index (κ2) is 6.85. The minimum Gasteiger partial charge on any atom is -0.394 e. The Labute approximate surface area is 111 Å². The summed E-state index contributed by atoms with van der Waals surface area (Å²) >= 11 is 0. The molecule has 0 bridgehead atoms. The maximum absolute atomic E-state index is 9.19. The van der Waals surface area contributed by atoms with Crippen LogP contribution in [0, 0.1) is 0 Å². The van der Waals surface area contributed by atoms with E-state index in [1.165, 1.54) is 32.2 Å². The van der Waals surface area contributed by atoms with E-state index in [2.05, 4.69) is 23.8 Å². The van der Waals surface area contributed by atoms with Crippen molar-refractivity contribution in [3.05, 3.63) is 0 Å². The van der Waals surface area contributed by atoms with E-state index in [4.69, 9.17) is 4.74 Å². The van der Waals surface area contributed by atoms with E-state index in [-0.39, 0.29) is 12.7 Å². The van der Waals surface area contributed by atoms with Gasteiger partial charge < -0.3 is 14.7 Å². The second-order valence-electron chi connectivity index (χ2n) is 5.90. The van der Waals surface area contributed by atoms with Crippen LogP contribution in [0.2, 0.25) is 0 Å². The highest BCUT2D eigenvalue weighted by Gasteiger charge is 2.27. The van der Waals surface area contributed by atoms with Crippen molar-refractivity contribution in [3.63, 3.8) is 0 Å². The summed E-state index contributed by atoms with van der Waals surface area (Å²) in [6, 6.07) is 1.24. The predicted octanol–water partition coefficient (Wildman–Crippen LogP) is 0.942. The van der Waals surface area contributed by atoms with Crippen molar-refractivity contribution in [3.8, 4) is 0 Å². The molecule has 106 valence electrons. The minimum absolute atomic E-state index is 0.0188. The van der Waals surface area contributed by atoms with Gasteiger partial charge in [0.05, 0.1) is 19.3 Å². The van der Waals surface area contributed by atoms with E-state index in [1.807, 2.05) is 0 Å². The van der Waals surface area contributed by atoms with Gasteiger partial charge in [-0.3, -0.25) is 4.90 Å². The van der Waals surface area contributed by atoms with Crippen LogP contribution in [0.15, 0.2) is 0 Å². The smallest absolute Gasteiger partial charge is 0.0933 e. The van der Waals surface area contributed by atoms with Gasteiger partial charge >= 0.3 is 0 Å². The van der Waals surface area contributed by atoms with Gasteiger partial charge in [0.25, 0.3) is 0 Å². The van der Waals surface area contributed by atoms with Gasteiger partial charge in [-0.05, 0) is 39.8 Å². The monoisotopic (exact) mass is 256 g/mol. The van der Waals surface area contributed by atoms with E-state index in [9.17, 15) is 5.11 Å². The van der Waals surface area contributed by atoms with E-state index in [0.717, 1.165) is 25.7 Å². The van der Waals surface area contributed by atoms with Gasteiger partial charge in [-0.2, -0.15) is 0 Å². The van der Waals surface area contributed by atoms with Crippen molar-refractivity contribution in [2.75, 3.05) is 39.9 Å². The fourth-order valence-corrected chi connectivity index (χ4v) is 3.12. The first-order valence-corrected chi connectivity index (χ1v) is 7.37. The van der Waals surface area contributed by atoms with Crippen LogP contribution in [-0.4, -0.2) is 73.0 Å². The highest BCUT2D eigenvalue weighted by Crippen LogP contribution is 2.19. The molecule has 2 saturated heterocycles. The van der Waals surface area contributed by atoms with Crippen LogP contribution in [0.4, 0.5) is 0 Å². The number of hydrogen-bond acceptors (Lipinski definition) is 4. The Kier molecular flexibility index (Phi) is 5.42. The highest BCUT2D eigenvalue weighted by atomic mass is 16.5. The van der Waals surface area contributed by atoms with Crippen LogP contribution in [0.1, 0.15) is 32.6 Å². The summed E-state index contributed by atoms with van der Waals surface area (Å²) in [5.41, 5.74) is 0. The Hall–Kier alpha value is -0.160. The number of aliphatic hydroxyl groups is 1. The van der Waals surface area contributed by atoms with Gasteiger partial charge in [0.2, 0.25) is 0 Å². The predicted molar refractivity (Wildman–Crippen MR) is 72.7 cm³/mol. The molecule has 0 spiro atoms. The zero-order valence-electron chi connectivity index (χ0n) is 11.8. The standard InChI is InChI=1S/C14H28N2O2/c1-12-11-18-14(10-17)9-16(12)8-6-13-5-3-4-7-15(13)2/h12-14,17H,3-11H2,1-2H3. The molecule has 0 aromatic carbocycles. The molecule has 2 heterocycles. The van der Waals surface area contributed by atoms with Crippen LogP contribution in [0.3, 0.4) is 0 Å². The molecule has 2 aliphatic rings. The topological polar surface area (TPSA) is 35.9 Å². The minimum atomic E-state index is 0.0188. The molecule has 4 heteroatoms. The van der Waals surface area contributed by atoms with Crippen molar-refractivity contribution in [1.29, 1.82) is 0 Å². The normalized spacial score (nSPS) is 35.8. The van der Waals surface area contributed by atoms with Gasteiger partial charge in [-0.1, -0.05) is 6.42 Å². The van der Waals surface area contributed by atoms with Crippen molar-refractivity contribution in [2.24, 2.45) is 0 Å². The third kappa shape index (κ3) is 3.67. The lowest BCUT2D eigenvalue weighted by atomic mass is 9.99. The first kappa shape index (κ1) is 14.3. The maximum atomic E-state index is 9.19. The number of ether oxygens (including phenoxy) is 1. The number of likely N-dealkylation sites (tertiary alicyclic amines) is 1. The summed E-state index contributed by atoms with van der Waals surface area (Å²) in [6.45, 7) is 6.39. The molecule has 18 heavy (non-hydrogen) atoms. The number of nitrogens with zero attached hydrogens (tertiary/aromatic N) is 2. The van der Waals surface area contributed by atoms with Gasteiger partial charge in [-0.25, -0.2) is 0 Å². The number of morpholine rings is 1. The first-order valence-electron chi connectivity index (χ1n) is 7.37. The van der Waals surface area contributed by atoms with Gasteiger partial charge in [0.15, 0.2) is 0 Å². The molecule has 1 N–H and O–H groups in total. The van der Waals surface area contributed by atoms with Gasteiger partial charge in [0.1, 0.15) is 0 Å². The number of hydrogen-bond donors (Lipinski definition) is 1. The summed E-state index contributed by atoms with van der Waals surface area (Å²) in [5.74, 6) is 0. The molecule has 2 fully saturated rings.